The summed E-state index contributed by atoms with van der Waals surface area (Å²) in [6.07, 6.45) is 0. The number of fused-ring (bicyclic) bond motifs is 1. The zero-order valence-electron chi connectivity index (χ0n) is 10.0. The van der Waals surface area contributed by atoms with Crippen LogP contribution in [-0.2, 0) is 6.54 Å². The van der Waals surface area contributed by atoms with Gasteiger partial charge in [-0.15, -0.1) is 0 Å². The molecule has 3 nitrogen and oxygen atoms in total. The van der Waals surface area contributed by atoms with Crippen LogP contribution in [0.4, 0.5) is 0 Å². The Morgan fingerprint density at radius 2 is 1.95 bits per heavy atom. The molecule has 92 valence electrons. The van der Waals surface area contributed by atoms with E-state index in [1.807, 2.05) is 47.1 Å². The van der Waals surface area contributed by atoms with Crippen LogP contribution >= 0.6 is 11.6 Å². The Bertz CT molecular complexity index is 769. The SMILES string of the molecule is N#Cc1nn(Cc2ccccc2)c2cc(Cl)ccc12. The summed E-state index contributed by atoms with van der Waals surface area (Å²) in [4.78, 5) is 0. The lowest BCUT2D eigenvalue weighted by atomic mass is 10.2. The minimum atomic E-state index is 0.433. The van der Waals surface area contributed by atoms with Crippen molar-refractivity contribution in [1.29, 1.82) is 5.26 Å². The van der Waals surface area contributed by atoms with E-state index in [2.05, 4.69) is 11.2 Å². The van der Waals surface area contributed by atoms with E-state index in [0.717, 1.165) is 16.5 Å². The normalized spacial score (nSPS) is 10.5. The second kappa shape index (κ2) is 4.75. The van der Waals surface area contributed by atoms with Gasteiger partial charge in [0.05, 0.1) is 12.1 Å². The molecular formula is C15H10ClN3. The van der Waals surface area contributed by atoms with Crippen molar-refractivity contribution in [3.05, 3.63) is 64.8 Å². The topological polar surface area (TPSA) is 41.6 Å². The first-order valence-corrected chi connectivity index (χ1v) is 6.26. The minimum absolute atomic E-state index is 0.433. The van der Waals surface area contributed by atoms with Gasteiger partial charge < -0.3 is 0 Å². The van der Waals surface area contributed by atoms with Crippen LogP contribution in [0.1, 0.15) is 11.3 Å². The summed E-state index contributed by atoms with van der Waals surface area (Å²) >= 11 is 6.02. The molecule has 0 aliphatic rings. The molecule has 3 rings (SSSR count). The molecule has 0 saturated heterocycles. The zero-order valence-corrected chi connectivity index (χ0v) is 10.8. The van der Waals surface area contributed by atoms with Gasteiger partial charge in [-0.1, -0.05) is 41.9 Å². The smallest absolute Gasteiger partial charge is 0.170 e. The van der Waals surface area contributed by atoms with Crippen LogP contribution in [0.15, 0.2) is 48.5 Å². The molecular weight excluding hydrogens is 258 g/mol. The molecule has 1 heterocycles. The molecule has 0 unspecified atom stereocenters. The molecule has 19 heavy (non-hydrogen) atoms. The number of hydrogen-bond donors (Lipinski definition) is 0. The van der Waals surface area contributed by atoms with E-state index in [9.17, 15) is 0 Å². The maximum absolute atomic E-state index is 9.13. The van der Waals surface area contributed by atoms with Crippen LogP contribution < -0.4 is 0 Å². The molecule has 0 aliphatic carbocycles. The summed E-state index contributed by atoms with van der Waals surface area (Å²) in [5.41, 5.74) is 2.45. The molecule has 0 spiro atoms. The molecule has 1 aromatic heterocycles. The molecule has 0 saturated carbocycles. The molecule has 3 aromatic rings. The molecule has 0 aliphatic heterocycles. The maximum Gasteiger partial charge on any atom is 0.170 e. The number of nitriles is 1. The van der Waals surface area contributed by atoms with Gasteiger partial charge in [-0.2, -0.15) is 10.4 Å². The number of benzene rings is 2. The Balaban J connectivity index is 2.13. The van der Waals surface area contributed by atoms with E-state index in [0.29, 0.717) is 17.3 Å². The lowest BCUT2D eigenvalue weighted by Gasteiger charge is -2.03. The predicted octanol–water partition coefficient (Wildman–Crippen LogP) is 3.61. The van der Waals surface area contributed by atoms with Crippen LogP contribution in [0.25, 0.3) is 10.9 Å². The average molecular weight is 268 g/mol. The third kappa shape index (κ3) is 2.18. The molecule has 0 fully saturated rings. The summed E-state index contributed by atoms with van der Waals surface area (Å²) in [7, 11) is 0. The highest BCUT2D eigenvalue weighted by Gasteiger charge is 2.10. The van der Waals surface area contributed by atoms with Crippen molar-refractivity contribution in [2.75, 3.05) is 0 Å². The van der Waals surface area contributed by atoms with Gasteiger partial charge in [-0.05, 0) is 23.8 Å². The lowest BCUT2D eigenvalue weighted by Crippen LogP contribution is -2.01. The van der Waals surface area contributed by atoms with E-state index in [1.165, 1.54) is 0 Å². The molecule has 0 atom stereocenters. The lowest BCUT2D eigenvalue weighted by molar-refractivity contribution is 0.708. The number of halogens is 1. The summed E-state index contributed by atoms with van der Waals surface area (Å²) in [6, 6.07) is 17.6. The predicted molar refractivity (Wildman–Crippen MR) is 75.0 cm³/mol. The van der Waals surface area contributed by atoms with Gasteiger partial charge in [0.25, 0.3) is 0 Å². The minimum Gasteiger partial charge on any atom is -0.259 e. The first kappa shape index (κ1) is 11.8. The number of aromatic nitrogens is 2. The Labute approximate surface area is 115 Å². The fourth-order valence-corrected chi connectivity index (χ4v) is 2.27. The van der Waals surface area contributed by atoms with Gasteiger partial charge in [0.1, 0.15) is 6.07 Å². The first-order valence-electron chi connectivity index (χ1n) is 5.88. The van der Waals surface area contributed by atoms with Crippen molar-refractivity contribution in [3.8, 4) is 6.07 Å². The van der Waals surface area contributed by atoms with E-state index in [1.54, 1.807) is 6.07 Å². The highest BCUT2D eigenvalue weighted by Crippen LogP contribution is 2.23. The van der Waals surface area contributed by atoms with Crippen molar-refractivity contribution < 1.29 is 0 Å². The van der Waals surface area contributed by atoms with Crippen molar-refractivity contribution in [2.24, 2.45) is 0 Å². The third-order valence-electron chi connectivity index (χ3n) is 2.99. The highest BCUT2D eigenvalue weighted by atomic mass is 35.5. The van der Waals surface area contributed by atoms with Crippen LogP contribution in [0.3, 0.4) is 0 Å². The fraction of sp³-hybridized carbons (Fsp3) is 0.0667. The van der Waals surface area contributed by atoms with Gasteiger partial charge in [0.2, 0.25) is 0 Å². The average Bonchev–Trinajstić information content (AvgIpc) is 2.77. The monoisotopic (exact) mass is 267 g/mol. The molecule has 2 aromatic carbocycles. The van der Waals surface area contributed by atoms with Gasteiger partial charge in [0, 0.05) is 10.4 Å². The number of hydrogen-bond acceptors (Lipinski definition) is 2. The van der Waals surface area contributed by atoms with Crippen molar-refractivity contribution in [2.45, 2.75) is 6.54 Å². The highest BCUT2D eigenvalue weighted by molar-refractivity contribution is 6.31. The maximum atomic E-state index is 9.13. The van der Waals surface area contributed by atoms with Crippen LogP contribution in [0.2, 0.25) is 5.02 Å². The molecule has 4 heteroatoms. The van der Waals surface area contributed by atoms with Crippen molar-refractivity contribution in [1.82, 2.24) is 9.78 Å². The number of nitrogens with zero attached hydrogens (tertiary/aromatic N) is 3. The van der Waals surface area contributed by atoms with E-state index in [-0.39, 0.29) is 0 Å². The molecule has 0 radical (unpaired) electrons. The number of rotatable bonds is 2. The third-order valence-corrected chi connectivity index (χ3v) is 3.23. The van der Waals surface area contributed by atoms with Gasteiger partial charge in [-0.3, -0.25) is 4.68 Å². The summed E-state index contributed by atoms with van der Waals surface area (Å²) in [5, 5.41) is 14.9. The van der Waals surface area contributed by atoms with Gasteiger partial charge in [0.15, 0.2) is 5.69 Å². The quantitative estimate of drug-likeness (QED) is 0.712. The van der Waals surface area contributed by atoms with E-state index < -0.39 is 0 Å². The first-order chi connectivity index (χ1) is 9.28. The van der Waals surface area contributed by atoms with Gasteiger partial charge in [-0.25, -0.2) is 0 Å². The fourth-order valence-electron chi connectivity index (χ4n) is 2.11. The summed E-state index contributed by atoms with van der Waals surface area (Å²) in [5.74, 6) is 0. The summed E-state index contributed by atoms with van der Waals surface area (Å²) < 4.78 is 1.81. The Kier molecular flexibility index (Phi) is 2.94. The molecule has 0 bridgehead atoms. The molecule has 0 amide bonds. The Morgan fingerprint density at radius 3 is 2.68 bits per heavy atom. The Hall–Kier alpha value is -2.31. The summed E-state index contributed by atoms with van der Waals surface area (Å²) in [6.45, 7) is 0.624. The van der Waals surface area contributed by atoms with Crippen LogP contribution in [-0.4, -0.2) is 9.78 Å². The largest absolute Gasteiger partial charge is 0.259 e. The zero-order chi connectivity index (χ0) is 13.2. The van der Waals surface area contributed by atoms with Crippen LogP contribution in [0.5, 0.6) is 0 Å². The van der Waals surface area contributed by atoms with Crippen LogP contribution in [0, 0.1) is 11.3 Å². The van der Waals surface area contributed by atoms with Crippen molar-refractivity contribution in [3.63, 3.8) is 0 Å². The van der Waals surface area contributed by atoms with Gasteiger partial charge >= 0.3 is 0 Å². The van der Waals surface area contributed by atoms with E-state index >= 15 is 0 Å². The van der Waals surface area contributed by atoms with E-state index in [4.69, 9.17) is 16.9 Å². The standard InChI is InChI=1S/C15H10ClN3/c16-12-6-7-13-14(9-17)18-19(15(13)8-12)10-11-4-2-1-3-5-11/h1-8H,10H2. The Morgan fingerprint density at radius 1 is 1.16 bits per heavy atom. The molecule has 0 N–H and O–H groups in total. The second-order valence-electron chi connectivity index (χ2n) is 4.27. The second-order valence-corrected chi connectivity index (χ2v) is 4.70. The van der Waals surface area contributed by atoms with Crippen molar-refractivity contribution >= 4 is 22.5 Å².